The molecule has 0 spiro atoms. The number of carbonyl (C=O) groups excluding carboxylic acids is 2. The summed E-state index contributed by atoms with van der Waals surface area (Å²) in [5, 5.41) is 0.800. The summed E-state index contributed by atoms with van der Waals surface area (Å²) < 4.78 is 33.9. The summed E-state index contributed by atoms with van der Waals surface area (Å²) >= 11 is 12.0. The van der Waals surface area contributed by atoms with Gasteiger partial charge in [-0.3, -0.25) is 14.5 Å². The van der Waals surface area contributed by atoms with Crippen molar-refractivity contribution in [2.24, 2.45) is 11.8 Å². The van der Waals surface area contributed by atoms with Crippen molar-refractivity contribution in [3.8, 4) is 5.75 Å². The van der Waals surface area contributed by atoms with Crippen LogP contribution in [0.1, 0.15) is 36.8 Å². The molecule has 0 radical (unpaired) electrons. The lowest BCUT2D eigenvalue weighted by Crippen LogP contribution is -2.30. The van der Waals surface area contributed by atoms with E-state index in [1.54, 1.807) is 24.3 Å². The van der Waals surface area contributed by atoms with E-state index < -0.39 is 10.0 Å². The summed E-state index contributed by atoms with van der Waals surface area (Å²) in [5.74, 6) is -0.678. The van der Waals surface area contributed by atoms with Gasteiger partial charge in [-0.2, -0.15) is 0 Å². The van der Waals surface area contributed by atoms with E-state index in [0.29, 0.717) is 21.2 Å². The number of sulfonamides is 1. The fourth-order valence-electron chi connectivity index (χ4n) is 4.57. The number of carbonyl (C=O) groups is 2. The van der Waals surface area contributed by atoms with Crippen molar-refractivity contribution in [3.63, 3.8) is 0 Å². The molecule has 1 saturated heterocycles. The van der Waals surface area contributed by atoms with Gasteiger partial charge in [0.1, 0.15) is 10.6 Å². The smallest absolute Gasteiger partial charge is 0.244 e. The van der Waals surface area contributed by atoms with Crippen molar-refractivity contribution in [1.82, 2.24) is 9.62 Å². The third-order valence-corrected chi connectivity index (χ3v) is 8.04. The molecule has 2 aromatic rings. The Balaban J connectivity index is 1.56. The maximum atomic E-state index is 13.1. The monoisotopic (exact) mass is 510 g/mol. The molecule has 33 heavy (non-hydrogen) atoms. The van der Waals surface area contributed by atoms with Gasteiger partial charge in [0.2, 0.25) is 21.8 Å². The van der Waals surface area contributed by atoms with Gasteiger partial charge in [-0.25, -0.2) is 13.1 Å². The molecule has 2 unspecified atom stereocenters. The molecule has 2 amide bonds. The SMILES string of the molecule is COc1ccc(CN2C(=O)C3CCCCC3C2=O)cc1S(=O)(=O)NCc1cc(Cl)cc(Cl)c1. The summed E-state index contributed by atoms with van der Waals surface area (Å²) in [6.07, 6.45) is 3.35. The number of ether oxygens (including phenoxy) is 1. The van der Waals surface area contributed by atoms with Gasteiger partial charge >= 0.3 is 0 Å². The van der Waals surface area contributed by atoms with Crippen LogP contribution in [0.3, 0.4) is 0 Å². The van der Waals surface area contributed by atoms with E-state index in [9.17, 15) is 18.0 Å². The normalized spacial score (nSPS) is 20.8. The van der Waals surface area contributed by atoms with Gasteiger partial charge in [0, 0.05) is 16.6 Å². The third kappa shape index (κ3) is 5.04. The highest BCUT2D eigenvalue weighted by Gasteiger charge is 2.47. The highest BCUT2D eigenvalue weighted by atomic mass is 35.5. The number of nitrogens with one attached hydrogen (secondary N) is 1. The van der Waals surface area contributed by atoms with E-state index in [2.05, 4.69) is 4.72 Å². The number of amides is 2. The van der Waals surface area contributed by atoms with Crippen molar-refractivity contribution in [3.05, 3.63) is 57.6 Å². The van der Waals surface area contributed by atoms with Crippen molar-refractivity contribution < 1.29 is 22.7 Å². The fourth-order valence-corrected chi connectivity index (χ4v) is 6.37. The highest BCUT2D eigenvalue weighted by Crippen LogP contribution is 2.39. The number of halogens is 2. The van der Waals surface area contributed by atoms with Crippen LogP contribution in [0.4, 0.5) is 0 Å². The number of methoxy groups -OCH3 is 1. The average molecular weight is 511 g/mol. The zero-order valence-corrected chi connectivity index (χ0v) is 20.3. The number of hydrogen-bond acceptors (Lipinski definition) is 5. The van der Waals surface area contributed by atoms with Crippen LogP contribution in [-0.2, 0) is 32.7 Å². The molecule has 1 heterocycles. The molecule has 0 aromatic heterocycles. The van der Waals surface area contributed by atoms with Crippen molar-refractivity contribution in [2.75, 3.05) is 7.11 Å². The van der Waals surface area contributed by atoms with Crippen LogP contribution in [0.5, 0.6) is 5.75 Å². The maximum absolute atomic E-state index is 13.1. The summed E-state index contributed by atoms with van der Waals surface area (Å²) in [7, 11) is -2.60. The second-order valence-corrected chi connectivity index (χ2v) is 11.0. The van der Waals surface area contributed by atoms with Crippen LogP contribution in [-0.4, -0.2) is 32.2 Å². The molecule has 0 bridgehead atoms. The first kappa shape index (κ1) is 24.0. The molecule has 1 aliphatic heterocycles. The molecule has 2 atom stereocenters. The zero-order chi connectivity index (χ0) is 23.8. The number of imide groups is 1. The van der Waals surface area contributed by atoms with Gasteiger partial charge in [-0.05, 0) is 54.3 Å². The Bertz CT molecular complexity index is 1160. The number of nitrogens with zero attached hydrogens (tertiary/aromatic N) is 1. The molecular formula is C23H24Cl2N2O5S. The van der Waals surface area contributed by atoms with Crippen LogP contribution in [0.15, 0.2) is 41.3 Å². The Morgan fingerprint density at radius 3 is 2.15 bits per heavy atom. The van der Waals surface area contributed by atoms with Gasteiger partial charge in [-0.1, -0.05) is 42.1 Å². The average Bonchev–Trinajstić information content (AvgIpc) is 3.02. The molecule has 4 rings (SSSR count). The Morgan fingerprint density at radius 2 is 1.58 bits per heavy atom. The zero-order valence-electron chi connectivity index (χ0n) is 18.0. The minimum absolute atomic E-state index is 0.0253. The molecule has 7 nitrogen and oxygen atoms in total. The third-order valence-electron chi connectivity index (χ3n) is 6.18. The Labute approximate surface area is 203 Å². The van der Waals surface area contributed by atoms with Crippen molar-refractivity contribution >= 4 is 45.0 Å². The Kier molecular flexibility index (Phi) is 7.00. The van der Waals surface area contributed by atoms with Gasteiger partial charge in [0.05, 0.1) is 25.5 Å². The van der Waals surface area contributed by atoms with Crippen LogP contribution >= 0.6 is 23.2 Å². The van der Waals surface area contributed by atoms with E-state index in [0.717, 1.165) is 25.7 Å². The number of benzene rings is 2. The van der Waals surface area contributed by atoms with Gasteiger partial charge in [-0.15, -0.1) is 0 Å². The first-order valence-electron chi connectivity index (χ1n) is 10.7. The molecule has 176 valence electrons. The minimum atomic E-state index is -3.98. The summed E-state index contributed by atoms with van der Waals surface area (Å²) in [4.78, 5) is 26.8. The second-order valence-electron chi connectivity index (χ2n) is 8.35. The van der Waals surface area contributed by atoms with Crippen LogP contribution in [0, 0.1) is 11.8 Å². The molecule has 1 saturated carbocycles. The lowest BCUT2D eigenvalue weighted by Gasteiger charge is -2.19. The second kappa shape index (κ2) is 9.62. The predicted octanol–water partition coefficient (Wildman–Crippen LogP) is 4.16. The molecule has 2 fully saturated rings. The number of fused-ring (bicyclic) bond motifs is 1. The van der Waals surface area contributed by atoms with E-state index in [1.807, 2.05) is 0 Å². The highest BCUT2D eigenvalue weighted by molar-refractivity contribution is 7.89. The Hall–Kier alpha value is -2.13. The van der Waals surface area contributed by atoms with E-state index >= 15 is 0 Å². The van der Waals surface area contributed by atoms with E-state index in [-0.39, 0.29) is 47.4 Å². The minimum Gasteiger partial charge on any atom is -0.495 e. The number of rotatable bonds is 7. The first-order chi connectivity index (χ1) is 15.7. The molecule has 10 heteroatoms. The molecular weight excluding hydrogens is 487 g/mol. The quantitative estimate of drug-likeness (QED) is 0.564. The van der Waals surface area contributed by atoms with E-state index in [1.165, 1.54) is 24.1 Å². The molecule has 2 aromatic carbocycles. The van der Waals surface area contributed by atoms with Gasteiger partial charge < -0.3 is 4.74 Å². The Morgan fingerprint density at radius 1 is 0.970 bits per heavy atom. The first-order valence-corrected chi connectivity index (χ1v) is 12.9. The lowest BCUT2D eigenvalue weighted by molar-refractivity contribution is -0.140. The molecule has 1 aliphatic carbocycles. The summed E-state index contributed by atoms with van der Waals surface area (Å²) in [6.45, 7) is 0.00351. The summed E-state index contributed by atoms with van der Waals surface area (Å²) in [6, 6.07) is 9.43. The standard InChI is InChI=1S/C23H24Cl2N2O5S/c1-32-20-7-6-14(13-27-22(28)18-4-2-3-5-19(18)23(27)29)10-21(20)33(30,31)26-12-15-8-16(24)11-17(25)9-15/h6-11,18-19,26H,2-5,12-13H2,1H3. The van der Waals surface area contributed by atoms with Crippen molar-refractivity contribution in [2.45, 2.75) is 43.7 Å². The number of likely N-dealkylation sites (tertiary alicyclic amines) is 1. The lowest BCUT2D eigenvalue weighted by atomic mass is 9.81. The molecule has 2 aliphatic rings. The number of hydrogen-bond donors (Lipinski definition) is 1. The largest absolute Gasteiger partial charge is 0.495 e. The summed E-state index contributed by atoms with van der Waals surface area (Å²) in [5.41, 5.74) is 1.13. The van der Waals surface area contributed by atoms with Crippen molar-refractivity contribution in [1.29, 1.82) is 0 Å². The van der Waals surface area contributed by atoms with Crippen LogP contribution in [0.25, 0.3) is 0 Å². The fraction of sp³-hybridized carbons (Fsp3) is 0.391. The topological polar surface area (TPSA) is 92.8 Å². The van der Waals surface area contributed by atoms with E-state index in [4.69, 9.17) is 27.9 Å². The predicted molar refractivity (Wildman–Crippen MR) is 124 cm³/mol. The van der Waals surface area contributed by atoms with Crippen LogP contribution < -0.4 is 9.46 Å². The van der Waals surface area contributed by atoms with Gasteiger partial charge in [0.15, 0.2) is 0 Å². The van der Waals surface area contributed by atoms with Crippen LogP contribution in [0.2, 0.25) is 10.0 Å². The molecule has 1 N–H and O–H groups in total. The van der Waals surface area contributed by atoms with Gasteiger partial charge in [0.25, 0.3) is 0 Å². The maximum Gasteiger partial charge on any atom is 0.244 e.